The van der Waals surface area contributed by atoms with Crippen molar-refractivity contribution >= 4 is 5.69 Å². The van der Waals surface area contributed by atoms with Crippen LogP contribution in [-0.4, -0.2) is 62.7 Å². The van der Waals surface area contributed by atoms with Crippen LogP contribution in [0.2, 0.25) is 0 Å². The Morgan fingerprint density at radius 1 is 0.870 bits per heavy atom. The van der Waals surface area contributed by atoms with Gasteiger partial charge in [0.15, 0.2) is 0 Å². The third kappa shape index (κ3) is 6.15. The fourth-order valence-electron chi connectivity index (χ4n) is 3.41. The molecule has 0 unspecified atom stereocenters. The standard InChI is InChI=1S/C17H27N3.C3H8/c1-18-11-13-19(14-12-18)15-16-7-9-20(10-8-16)17-5-3-2-4-6-17;1-3-2/h2-6,16H,7-15H2,1H3;3H2,1-2H3. The van der Waals surface area contributed by atoms with Crippen molar-refractivity contribution in [2.24, 2.45) is 5.92 Å². The Morgan fingerprint density at radius 2 is 1.43 bits per heavy atom. The topological polar surface area (TPSA) is 9.72 Å². The van der Waals surface area contributed by atoms with Crippen LogP contribution in [-0.2, 0) is 0 Å². The highest BCUT2D eigenvalue weighted by Gasteiger charge is 2.23. The van der Waals surface area contributed by atoms with E-state index in [4.69, 9.17) is 0 Å². The van der Waals surface area contributed by atoms with Gasteiger partial charge in [-0.2, -0.15) is 0 Å². The van der Waals surface area contributed by atoms with Crippen molar-refractivity contribution in [2.45, 2.75) is 33.1 Å². The van der Waals surface area contributed by atoms with Gasteiger partial charge in [-0.15, -0.1) is 0 Å². The molecular formula is C20H35N3. The van der Waals surface area contributed by atoms with Gasteiger partial charge < -0.3 is 14.7 Å². The molecular weight excluding hydrogens is 282 g/mol. The smallest absolute Gasteiger partial charge is 0.0366 e. The number of hydrogen-bond donors (Lipinski definition) is 0. The van der Waals surface area contributed by atoms with Crippen LogP contribution in [0, 0.1) is 5.92 Å². The first-order valence-electron chi connectivity index (χ1n) is 9.43. The van der Waals surface area contributed by atoms with E-state index in [0.717, 1.165) is 5.92 Å². The van der Waals surface area contributed by atoms with Gasteiger partial charge in [0, 0.05) is 51.5 Å². The fourth-order valence-corrected chi connectivity index (χ4v) is 3.41. The number of piperazine rings is 1. The highest BCUT2D eigenvalue weighted by Crippen LogP contribution is 2.23. The lowest BCUT2D eigenvalue weighted by Gasteiger charge is -2.38. The molecule has 2 fully saturated rings. The van der Waals surface area contributed by atoms with Crippen LogP contribution in [0.4, 0.5) is 5.69 Å². The quantitative estimate of drug-likeness (QED) is 0.844. The van der Waals surface area contributed by atoms with Crippen molar-refractivity contribution in [1.29, 1.82) is 0 Å². The van der Waals surface area contributed by atoms with E-state index in [1.165, 1.54) is 70.8 Å². The van der Waals surface area contributed by atoms with Gasteiger partial charge in [0.05, 0.1) is 0 Å². The Balaban J connectivity index is 0.000000595. The molecule has 0 N–H and O–H groups in total. The number of nitrogens with zero attached hydrogens (tertiary/aromatic N) is 3. The maximum absolute atomic E-state index is 2.67. The Bertz CT molecular complexity index is 404. The Hall–Kier alpha value is -1.06. The summed E-state index contributed by atoms with van der Waals surface area (Å²) < 4.78 is 0. The monoisotopic (exact) mass is 317 g/mol. The second-order valence-electron chi connectivity index (χ2n) is 7.08. The zero-order chi connectivity index (χ0) is 16.5. The molecule has 23 heavy (non-hydrogen) atoms. The number of piperidine rings is 1. The van der Waals surface area contributed by atoms with Crippen LogP contribution in [0.3, 0.4) is 0 Å². The van der Waals surface area contributed by atoms with E-state index in [-0.39, 0.29) is 0 Å². The van der Waals surface area contributed by atoms with Gasteiger partial charge in [-0.05, 0) is 37.9 Å². The van der Waals surface area contributed by atoms with Gasteiger partial charge >= 0.3 is 0 Å². The fraction of sp³-hybridized carbons (Fsp3) is 0.700. The van der Waals surface area contributed by atoms with Gasteiger partial charge in [-0.25, -0.2) is 0 Å². The number of hydrogen-bond acceptors (Lipinski definition) is 3. The molecule has 130 valence electrons. The minimum absolute atomic E-state index is 0.901. The van der Waals surface area contributed by atoms with Crippen LogP contribution in [0.25, 0.3) is 0 Å². The number of benzene rings is 1. The molecule has 2 aliphatic heterocycles. The molecule has 0 bridgehead atoms. The number of likely N-dealkylation sites (N-methyl/N-ethyl adjacent to an activating group) is 1. The average Bonchev–Trinajstić information content (AvgIpc) is 2.59. The Labute approximate surface area is 143 Å². The van der Waals surface area contributed by atoms with Gasteiger partial charge in [-0.1, -0.05) is 38.5 Å². The van der Waals surface area contributed by atoms with Crippen LogP contribution in [0.1, 0.15) is 33.1 Å². The third-order valence-corrected chi connectivity index (χ3v) is 4.85. The average molecular weight is 318 g/mol. The molecule has 0 saturated carbocycles. The minimum atomic E-state index is 0.901. The van der Waals surface area contributed by atoms with Crippen molar-refractivity contribution in [3.05, 3.63) is 30.3 Å². The van der Waals surface area contributed by atoms with Crippen molar-refractivity contribution in [3.8, 4) is 0 Å². The zero-order valence-corrected chi connectivity index (χ0v) is 15.4. The van der Waals surface area contributed by atoms with Crippen molar-refractivity contribution < 1.29 is 0 Å². The summed E-state index contributed by atoms with van der Waals surface area (Å²) in [5.74, 6) is 0.901. The van der Waals surface area contributed by atoms with E-state index in [1.807, 2.05) is 0 Å². The van der Waals surface area contributed by atoms with Crippen molar-refractivity contribution in [2.75, 3.05) is 57.8 Å². The zero-order valence-electron chi connectivity index (χ0n) is 15.4. The van der Waals surface area contributed by atoms with Gasteiger partial charge in [0.1, 0.15) is 0 Å². The van der Waals surface area contributed by atoms with Gasteiger partial charge in [0.2, 0.25) is 0 Å². The molecule has 3 rings (SSSR count). The lowest BCUT2D eigenvalue weighted by atomic mass is 9.95. The second-order valence-corrected chi connectivity index (χ2v) is 7.08. The predicted octanol–water partition coefficient (Wildman–Crippen LogP) is 3.57. The maximum atomic E-state index is 2.67. The highest BCUT2D eigenvalue weighted by molar-refractivity contribution is 5.46. The maximum Gasteiger partial charge on any atom is 0.0366 e. The minimum Gasteiger partial charge on any atom is -0.372 e. The molecule has 0 radical (unpaired) electrons. The summed E-state index contributed by atoms with van der Waals surface area (Å²) in [6.07, 6.45) is 3.95. The molecule has 0 amide bonds. The van der Waals surface area contributed by atoms with Gasteiger partial charge in [-0.3, -0.25) is 0 Å². The molecule has 3 heteroatoms. The molecule has 2 heterocycles. The van der Waals surface area contributed by atoms with E-state index in [0.29, 0.717) is 0 Å². The second kappa shape index (κ2) is 9.94. The molecule has 3 nitrogen and oxygen atoms in total. The van der Waals surface area contributed by atoms with E-state index in [2.05, 4.69) is 65.9 Å². The SMILES string of the molecule is CCC.CN1CCN(CC2CCN(c3ccccc3)CC2)CC1. The number of para-hydroxylation sites is 1. The molecule has 0 atom stereocenters. The van der Waals surface area contributed by atoms with Crippen molar-refractivity contribution in [1.82, 2.24) is 9.80 Å². The number of rotatable bonds is 3. The van der Waals surface area contributed by atoms with E-state index in [9.17, 15) is 0 Å². The van der Waals surface area contributed by atoms with Crippen LogP contribution >= 0.6 is 0 Å². The predicted molar refractivity (Wildman–Crippen MR) is 101 cm³/mol. The van der Waals surface area contributed by atoms with Crippen LogP contribution in [0.5, 0.6) is 0 Å². The van der Waals surface area contributed by atoms with E-state index in [1.54, 1.807) is 0 Å². The summed E-state index contributed by atoms with van der Waals surface area (Å²) in [4.78, 5) is 7.65. The molecule has 0 aromatic heterocycles. The summed E-state index contributed by atoms with van der Waals surface area (Å²) >= 11 is 0. The lowest BCUT2D eigenvalue weighted by molar-refractivity contribution is 0.129. The Morgan fingerprint density at radius 3 is 2.00 bits per heavy atom. The van der Waals surface area contributed by atoms with E-state index < -0.39 is 0 Å². The molecule has 0 spiro atoms. The van der Waals surface area contributed by atoms with Crippen molar-refractivity contribution in [3.63, 3.8) is 0 Å². The summed E-state index contributed by atoms with van der Waals surface area (Å²) in [6.45, 7) is 13.0. The first-order chi connectivity index (χ1) is 11.2. The first-order valence-corrected chi connectivity index (χ1v) is 9.43. The Kier molecular flexibility index (Phi) is 7.90. The molecule has 2 saturated heterocycles. The first kappa shape index (κ1) is 18.3. The van der Waals surface area contributed by atoms with E-state index >= 15 is 0 Å². The van der Waals surface area contributed by atoms with Gasteiger partial charge in [0.25, 0.3) is 0 Å². The molecule has 1 aromatic carbocycles. The number of anilines is 1. The lowest BCUT2D eigenvalue weighted by Crippen LogP contribution is -2.47. The molecule has 1 aromatic rings. The summed E-state index contributed by atoms with van der Waals surface area (Å²) in [7, 11) is 2.23. The largest absolute Gasteiger partial charge is 0.372 e. The highest BCUT2D eigenvalue weighted by atomic mass is 15.2. The summed E-state index contributed by atoms with van der Waals surface area (Å²) in [5.41, 5.74) is 1.39. The molecule has 2 aliphatic rings. The molecule has 0 aliphatic carbocycles. The third-order valence-electron chi connectivity index (χ3n) is 4.85. The normalized spacial score (nSPS) is 20.9. The van der Waals surface area contributed by atoms with Crippen LogP contribution in [0.15, 0.2) is 30.3 Å². The summed E-state index contributed by atoms with van der Waals surface area (Å²) in [6, 6.07) is 10.9. The summed E-state index contributed by atoms with van der Waals surface area (Å²) in [5, 5.41) is 0. The van der Waals surface area contributed by atoms with Crippen LogP contribution < -0.4 is 4.90 Å².